The van der Waals surface area contributed by atoms with Gasteiger partial charge in [0.05, 0.1) is 5.69 Å². The van der Waals surface area contributed by atoms with Crippen molar-refractivity contribution >= 4 is 28.1 Å². The molecule has 1 N–H and O–H groups in total. The lowest BCUT2D eigenvalue weighted by Crippen LogP contribution is -2.33. The van der Waals surface area contributed by atoms with Crippen molar-refractivity contribution < 1.29 is 0 Å². The Balaban J connectivity index is 1.89. The van der Waals surface area contributed by atoms with E-state index in [0.29, 0.717) is 6.04 Å². The molecule has 2 aromatic rings. The second-order valence-corrected chi connectivity index (χ2v) is 7.16. The highest BCUT2D eigenvalue weighted by molar-refractivity contribution is 7.99. The molecule has 0 saturated heterocycles. The van der Waals surface area contributed by atoms with E-state index in [2.05, 4.69) is 53.2 Å². The van der Waals surface area contributed by atoms with E-state index < -0.39 is 0 Å². The Labute approximate surface area is 123 Å². The molecule has 19 heavy (non-hydrogen) atoms. The third kappa shape index (κ3) is 4.51. The summed E-state index contributed by atoms with van der Waals surface area (Å²) in [5.41, 5.74) is 1.20. The number of nitrogens with one attached hydrogen (secondary N) is 1. The monoisotopic (exact) mass is 297 g/mol. The lowest BCUT2D eigenvalue weighted by molar-refractivity contribution is 0.567. The van der Waals surface area contributed by atoms with Gasteiger partial charge in [0.15, 0.2) is 4.96 Å². The van der Waals surface area contributed by atoms with Crippen LogP contribution in [-0.4, -0.2) is 33.5 Å². The van der Waals surface area contributed by atoms with Crippen LogP contribution in [0.3, 0.4) is 0 Å². The Bertz CT molecular complexity index is 461. The van der Waals surface area contributed by atoms with Crippen molar-refractivity contribution in [1.82, 2.24) is 14.7 Å². The number of aromatic nitrogens is 2. The number of rotatable bonds is 8. The standard InChI is InChI=1S/C14H23N3S2/c1-4-15-13(10-18-9-11(2)3)7-12-8-17-5-6-19-14(17)16-12/h5-6,8,11,13,15H,4,7,9-10H2,1-3H3. The molecule has 0 fully saturated rings. The van der Waals surface area contributed by atoms with E-state index in [1.165, 1.54) is 11.4 Å². The van der Waals surface area contributed by atoms with Crippen LogP contribution in [0.1, 0.15) is 26.5 Å². The van der Waals surface area contributed by atoms with Gasteiger partial charge in [-0.05, 0) is 18.2 Å². The van der Waals surface area contributed by atoms with Crippen molar-refractivity contribution in [3.63, 3.8) is 0 Å². The molecule has 0 aliphatic rings. The number of hydrogen-bond acceptors (Lipinski definition) is 4. The molecule has 0 saturated carbocycles. The summed E-state index contributed by atoms with van der Waals surface area (Å²) in [6.07, 6.45) is 5.25. The normalized spacial score (nSPS) is 13.5. The SMILES string of the molecule is CCNC(CSCC(C)C)Cc1cn2ccsc2n1. The number of thiazole rings is 1. The fourth-order valence-corrected chi connectivity index (χ4v) is 3.90. The first-order chi connectivity index (χ1) is 9.19. The smallest absolute Gasteiger partial charge is 0.193 e. The highest BCUT2D eigenvalue weighted by Gasteiger charge is 2.12. The van der Waals surface area contributed by atoms with Crippen LogP contribution in [0.25, 0.3) is 4.96 Å². The number of imidazole rings is 1. The summed E-state index contributed by atoms with van der Waals surface area (Å²) in [6, 6.07) is 0.526. The second kappa shape index (κ2) is 7.31. The molecule has 0 aromatic carbocycles. The van der Waals surface area contributed by atoms with Gasteiger partial charge in [-0.2, -0.15) is 11.8 Å². The van der Waals surface area contributed by atoms with Crippen LogP contribution in [0, 0.1) is 5.92 Å². The van der Waals surface area contributed by atoms with E-state index >= 15 is 0 Å². The zero-order valence-corrected chi connectivity index (χ0v) is 13.6. The number of fused-ring (bicyclic) bond motifs is 1. The van der Waals surface area contributed by atoms with Gasteiger partial charge in [-0.3, -0.25) is 4.40 Å². The second-order valence-electron chi connectivity index (χ2n) is 5.22. The minimum atomic E-state index is 0.526. The van der Waals surface area contributed by atoms with E-state index in [-0.39, 0.29) is 0 Å². The first-order valence-corrected chi connectivity index (χ1v) is 8.94. The summed E-state index contributed by atoms with van der Waals surface area (Å²) in [5, 5.41) is 5.65. The van der Waals surface area contributed by atoms with E-state index in [1.807, 2.05) is 11.8 Å². The molecule has 3 nitrogen and oxygen atoms in total. The maximum Gasteiger partial charge on any atom is 0.193 e. The quantitative estimate of drug-likeness (QED) is 0.810. The van der Waals surface area contributed by atoms with E-state index in [4.69, 9.17) is 0 Å². The summed E-state index contributed by atoms with van der Waals surface area (Å²) in [7, 11) is 0. The van der Waals surface area contributed by atoms with Crippen LogP contribution < -0.4 is 5.32 Å². The third-order valence-corrected chi connectivity index (χ3v) is 5.17. The lowest BCUT2D eigenvalue weighted by atomic mass is 10.2. The minimum absolute atomic E-state index is 0.526. The van der Waals surface area contributed by atoms with Crippen LogP contribution in [0.15, 0.2) is 17.8 Å². The van der Waals surface area contributed by atoms with Crippen molar-refractivity contribution in [1.29, 1.82) is 0 Å². The minimum Gasteiger partial charge on any atom is -0.313 e. The zero-order chi connectivity index (χ0) is 13.7. The van der Waals surface area contributed by atoms with Crippen LogP contribution >= 0.6 is 23.1 Å². The molecule has 0 amide bonds. The van der Waals surface area contributed by atoms with Gasteiger partial charge in [0, 0.05) is 36.0 Å². The highest BCUT2D eigenvalue weighted by Crippen LogP contribution is 2.15. The van der Waals surface area contributed by atoms with E-state index in [1.54, 1.807) is 11.3 Å². The van der Waals surface area contributed by atoms with Gasteiger partial charge in [0.1, 0.15) is 0 Å². The van der Waals surface area contributed by atoms with Gasteiger partial charge in [0.25, 0.3) is 0 Å². The zero-order valence-electron chi connectivity index (χ0n) is 11.9. The Morgan fingerprint density at radius 1 is 1.42 bits per heavy atom. The first kappa shape index (κ1) is 14.9. The number of likely N-dealkylation sites (N-methyl/N-ethyl adjacent to an activating group) is 1. The number of nitrogens with zero attached hydrogens (tertiary/aromatic N) is 2. The summed E-state index contributed by atoms with van der Waals surface area (Å²) in [5.74, 6) is 3.17. The van der Waals surface area contributed by atoms with Gasteiger partial charge in [-0.15, -0.1) is 11.3 Å². The van der Waals surface area contributed by atoms with Crippen molar-refractivity contribution in [2.45, 2.75) is 33.2 Å². The van der Waals surface area contributed by atoms with E-state index in [9.17, 15) is 0 Å². The van der Waals surface area contributed by atoms with Crippen molar-refractivity contribution in [3.05, 3.63) is 23.5 Å². The number of hydrogen-bond donors (Lipinski definition) is 1. The highest BCUT2D eigenvalue weighted by atomic mass is 32.2. The van der Waals surface area contributed by atoms with Gasteiger partial charge in [-0.25, -0.2) is 4.98 Å². The fourth-order valence-electron chi connectivity index (χ4n) is 2.05. The Kier molecular flexibility index (Phi) is 5.73. The predicted molar refractivity (Wildman–Crippen MR) is 86.4 cm³/mol. The van der Waals surface area contributed by atoms with Crippen LogP contribution in [0.4, 0.5) is 0 Å². The predicted octanol–water partition coefficient (Wildman–Crippen LogP) is 3.31. The van der Waals surface area contributed by atoms with Crippen LogP contribution in [0.2, 0.25) is 0 Å². The lowest BCUT2D eigenvalue weighted by Gasteiger charge is -2.17. The number of thioether (sulfide) groups is 1. The van der Waals surface area contributed by atoms with Crippen molar-refractivity contribution in [2.75, 3.05) is 18.1 Å². The molecule has 1 atom stereocenters. The fraction of sp³-hybridized carbons (Fsp3) is 0.643. The summed E-state index contributed by atoms with van der Waals surface area (Å²) >= 11 is 3.74. The molecule has 0 radical (unpaired) electrons. The topological polar surface area (TPSA) is 29.3 Å². The van der Waals surface area contributed by atoms with Gasteiger partial charge < -0.3 is 5.32 Å². The molecule has 0 bridgehead atoms. The molecule has 0 aliphatic carbocycles. The Hall–Kier alpha value is -0.520. The third-order valence-electron chi connectivity index (χ3n) is 2.86. The van der Waals surface area contributed by atoms with Crippen molar-refractivity contribution in [2.24, 2.45) is 5.92 Å². The molecular formula is C14H23N3S2. The Morgan fingerprint density at radius 2 is 2.26 bits per heavy atom. The summed E-state index contributed by atoms with van der Waals surface area (Å²) in [4.78, 5) is 5.77. The molecule has 106 valence electrons. The van der Waals surface area contributed by atoms with Crippen LogP contribution in [0.5, 0.6) is 0 Å². The van der Waals surface area contributed by atoms with E-state index in [0.717, 1.165) is 29.6 Å². The molecular weight excluding hydrogens is 274 g/mol. The van der Waals surface area contributed by atoms with Crippen LogP contribution in [-0.2, 0) is 6.42 Å². The molecule has 0 aliphatic heterocycles. The molecule has 5 heteroatoms. The average molecular weight is 297 g/mol. The summed E-state index contributed by atoms with van der Waals surface area (Å²) < 4.78 is 2.12. The largest absolute Gasteiger partial charge is 0.313 e. The molecule has 2 aromatic heterocycles. The molecule has 0 spiro atoms. The van der Waals surface area contributed by atoms with Gasteiger partial charge >= 0.3 is 0 Å². The first-order valence-electron chi connectivity index (χ1n) is 6.91. The van der Waals surface area contributed by atoms with Crippen molar-refractivity contribution in [3.8, 4) is 0 Å². The average Bonchev–Trinajstić information content (AvgIpc) is 2.89. The van der Waals surface area contributed by atoms with Gasteiger partial charge in [0.2, 0.25) is 0 Å². The summed E-state index contributed by atoms with van der Waals surface area (Å²) in [6.45, 7) is 7.75. The van der Waals surface area contributed by atoms with Gasteiger partial charge in [-0.1, -0.05) is 20.8 Å². The maximum atomic E-state index is 4.67. The molecule has 2 heterocycles. The molecule has 1 unspecified atom stereocenters. The molecule has 2 rings (SSSR count). The Morgan fingerprint density at radius 3 is 2.95 bits per heavy atom. The maximum absolute atomic E-state index is 4.67.